The SMILES string of the molecule is CN(Cc1cccc(Cl)c1)c1cc(F)cc([N+](=O)[O-])c1. The number of halogens is 2. The van der Waals surface area contributed by atoms with Crippen LogP contribution in [-0.2, 0) is 6.54 Å². The lowest BCUT2D eigenvalue weighted by molar-refractivity contribution is -0.385. The number of anilines is 1. The summed E-state index contributed by atoms with van der Waals surface area (Å²) in [4.78, 5) is 11.8. The number of non-ortho nitro benzene ring substituents is 1. The van der Waals surface area contributed by atoms with Crippen molar-refractivity contribution in [1.82, 2.24) is 0 Å². The largest absolute Gasteiger partial charge is 0.370 e. The molecule has 0 aliphatic carbocycles. The van der Waals surface area contributed by atoms with Crippen LogP contribution in [0, 0.1) is 15.9 Å². The van der Waals surface area contributed by atoms with Gasteiger partial charge in [0.1, 0.15) is 5.82 Å². The topological polar surface area (TPSA) is 46.4 Å². The maximum Gasteiger partial charge on any atom is 0.274 e. The fourth-order valence-electron chi connectivity index (χ4n) is 1.89. The average Bonchev–Trinajstić information content (AvgIpc) is 2.37. The Labute approximate surface area is 120 Å². The fourth-order valence-corrected chi connectivity index (χ4v) is 2.10. The van der Waals surface area contributed by atoms with E-state index in [0.717, 1.165) is 11.6 Å². The molecule has 0 saturated heterocycles. The van der Waals surface area contributed by atoms with E-state index in [4.69, 9.17) is 11.6 Å². The van der Waals surface area contributed by atoms with Gasteiger partial charge in [0.05, 0.1) is 11.0 Å². The Morgan fingerprint density at radius 1 is 1.30 bits per heavy atom. The summed E-state index contributed by atoms with van der Waals surface area (Å²) >= 11 is 5.90. The third-order valence-corrected chi connectivity index (χ3v) is 3.06. The molecule has 0 aromatic heterocycles. The van der Waals surface area contributed by atoms with Crippen LogP contribution in [-0.4, -0.2) is 12.0 Å². The standard InChI is InChI=1S/C14H12ClFN2O2/c1-17(9-10-3-2-4-11(15)5-10)13-6-12(16)7-14(8-13)18(19)20/h2-8H,9H2,1H3. The van der Waals surface area contributed by atoms with Crippen molar-refractivity contribution in [2.24, 2.45) is 0 Å². The summed E-state index contributed by atoms with van der Waals surface area (Å²) in [5, 5.41) is 11.3. The van der Waals surface area contributed by atoms with Crippen molar-refractivity contribution in [2.75, 3.05) is 11.9 Å². The highest BCUT2D eigenvalue weighted by Gasteiger charge is 2.12. The number of rotatable bonds is 4. The summed E-state index contributed by atoms with van der Waals surface area (Å²) in [6.07, 6.45) is 0. The first-order chi connectivity index (χ1) is 9.45. The van der Waals surface area contributed by atoms with Crippen LogP contribution in [0.15, 0.2) is 42.5 Å². The van der Waals surface area contributed by atoms with Gasteiger partial charge in [-0.15, -0.1) is 0 Å². The zero-order valence-corrected chi connectivity index (χ0v) is 11.5. The van der Waals surface area contributed by atoms with Gasteiger partial charge in [0.2, 0.25) is 0 Å². The molecule has 0 radical (unpaired) electrons. The number of nitro groups is 1. The van der Waals surface area contributed by atoms with E-state index in [2.05, 4.69) is 0 Å². The van der Waals surface area contributed by atoms with Crippen LogP contribution in [0.25, 0.3) is 0 Å². The summed E-state index contributed by atoms with van der Waals surface area (Å²) < 4.78 is 13.4. The summed E-state index contributed by atoms with van der Waals surface area (Å²) in [5.41, 5.74) is 1.11. The zero-order chi connectivity index (χ0) is 14.7. The summed E-state index contributed by atoms with van der Waals surface area (Å²) in [5.74, 6) is -0.632. The van der Waals surface area contributed by atoms with Crippen molar-refractivity contribution < 1.29 is 9.31 Å². The quantitative estimate of drug-likeness (QED) is 0.632. The molecule has 0 bridgehead atoms. The molecule has 0 N–H and O–H groups in total. The minimum atomic E-state index is -0.632. The highest BCUT2D eigenvalue weighted by atomic mass is 35.5. The summed E-state index contributed by atoms with van der Waals surface area (Å²) in [6, 6.07) is 10.8. The van der Waals surface area contributed by atoms with Crippen molar-refractivity contribution in [3.63, 3.8) is 0 Å². The van der Waals surface area contributed by atoms with Crippen molar-refractivity contribution in [1.29, 1.82) is 0 Å². The smallest absolute Gasteiger partial charge is 0.274 e. The molecule has 0 amide bonds. The second kappa shape index (κ2) is 5.88. The van der Waals surface area contributed by atoms with E-state index < -0.39 is 10.7 Å². The van der Waals surface area contributed by atoms with E-state index in [1.54, 1.807) is 24.1 Å². The van der Waals surface area contributed by atoms with Crippen LogP contribution < -0.4 is 4.90 Å². The Bertz CT molecular complexity index is 649. The first-order valence-corrected chi connectivity index (χ1v) is 6.24. The lowest BCUT2D eigenvalue weighted by Gasteiger charge is -2.19. The number of benzene rings is 2. The molecule has 2 aromatic carbocycles. The molecule has 0 saturated carbocycles. The molecule has 104 valence electrons. The highest BCUT2D eigenvalue weighted by molar-refractivity contribution is 6.30. The Morgan fingerprint density at radius 2 is 2.05 bits per heavy atom. The van der Waals surface area contributed by atoms with Crippen molar-refractivity contribution >= 4 is 23.0 Å². The van der Waals surface area contributed by atoms with Gasteiger partial charge >= 0.3 is 0 Å². The van der Waals surface area contributed by atoms with Crippen LogP contribution in [0.1, 0.15) is 5.56 Å². The van der Waals surface area contributed by atoms with Gasteiger partial charge < -0.3 is 4.90 Å². The predicted octanol–water partition coefficient (Wildman–Crippen LogP) is 4.02. The van der Waals surface area contributed by atoms with E-state index in [9.17, 15) is 14.5 Å². The third-order valence-electron chi connectivity index (χ3n) is 2.83. The van der Waals surface area contributed by atoms with Gasteiger partial charge in [0, 0.05) is 30.4 Å². The molecule has 0 atom stereocenters. The molecule has 6 heteroatoms. The van der Waals surface area contributed by atoms with E-state index in [1.807, 2.05) is 12.1 Å². The molecule has 0 heterocycles. The van der Waals surface area contributed by atoms with E-state index in [-0.39, 0.29) is 5.69 Å². The minimum absolute atomic E-state index is 0.266. The molecule has 20 heavy (non-hydrogen) atoms. The molecule has 0 unspecified atom stereocenters. The summed E-state index contributed by atoms with van der Waals surface area (Å²) in [6.45, 7) is 0.473. The van der Waals surface area contributed by atoms with Crippen LogP contribution in [0.4, 0.5) is 15.8 Å². The molecule has 4 nitrogen and oxygen atoms in total. The van der Waals surface area contributed by atoms with Gasteiger partial charge in [0.15, 0.2) is 0 Å². The molecule has 0 fully saturated rings. The normalized spacial score (nSPS) is 10.3. The first kappa shape index (κ1) is 14.3. The van der Waals surface area contributed by atoms with E-state index >= 15 is 0 Å². The van der Waals surface area contributed by atoms with Crippen LogP contribution in [0.3, 0.4) is 0 Å². The van der Waals surface area contributed by atoms with Gasteiger partial charge in [-0.2, -0.15) is 0 Å². The Hall–Kier alpha value is -2.14. The van der Waals surface area contributed by atoms with Crippen molar-refractivity contribution in [3.8, 4) is 0 Å². The molecular weight excluding hydrogens is 283 g/mol. The predicted molar refractivity (Wildman–Crippen MR) is 76.6 cm³/mol. The van der Waals surface area contributed by atoms with Crippen LogP contribution in [0.5, 0.6) is 0 Å². The minimum Gasteiger partial charge on any atom is -0.370 e. The van der Waals surface area contributed by atoms with Crippen LogP contribution in [0.2, 0.25) is 5.02 Å². The molecule has 0 spiro atoms. The molecule has 0 aliphatic heterocycles. The van der Waals surface area contributed by atoms with Crippen molar-refractivity contribution in [3.05, 3.63) is 69.0 Å². The van der Waals surface area contributed by atoms with E-state index in [0.29, 0.717) is 17.3 Å². The molecule has 2 rings (SSSR count). The zero-order valence-electron chi connectivity index (χ0n) is 10.7. The molecule has 0 aliphatic rings. The maximum atomic E-state index is 13.4. The monoisotopic (exact) mass is 294 g/mol. The maximum absolute atomic E-state index is 13.4. The number of nitrogens with zero attached hydrogens (tertiary/aromatic N) is 2. The molecule has 2 aromatic rings. The van der Waals surface area contributed by atoms with Crippen molar-refractivity contribution in [2.45, 2.75) is 6.54 Å². The Morgan fingerprint density at radius 3 is 2.70 bits per heavy atom. The van der Waals surface area contributed by atoms with Crippen LogP contribution >= 0.6 is 11.6 Å². The van der Waals surface area contributed by atoms with Gasteiger partial charge in [-0.05, 0) is 23.8 Å². The Balaban J connectivity index is 2.25. The molecular formula is C14H12ClFN2O2. The highest BCUT2D eigenvalue weighted by Crippen LogP contribution is 2.24. The van der Waals surface area contributed by atoms with E-state index in [1.165, 1.54) is 12.1 Å². The number of hydrogen-bond acceptors (Lipinski definition) is 3. The second-order valence-electron chi connectivity index (χ2n) is 4.41. The average molecular weight is 295 g/mol. The number of hydrogen-bond donors (Lipinski definition) is 0. The van der Waals surface area contributed by atoms with Gasteiger partial charge in [-0.25, -0.2) is 4.39 Å². The Kier molecular flexibility index (Phi) is 4.20. The van der Waals surface area contributed by atoms with Gasteiger partial charge in [-0.1, -0.05) is 23.7 Å². The third kappa shape index (κ3) is 3.45. The lowest BCUT2D eigenvalue weighted by atomic mass is 10.2. The second-order valence-corrected chi connectivity index (χ2v) is 4.85. The van der Waals surface area contributed by atoms with Gasteiger partial charge in [-0.3, -0.25) is 10.1 Å². The summed E-state index contributed by atoms with van der Waals surface area (Å²) in [7, 11) is 1.74. The first-order valence-electron chi connectivity index (χ1n) is 5.86. The lowest BCUT2D eigenvalue weighted by Crippen LogP contribution is -2.16. The van der Waals surface area contributed by atoms with Gasteiger partial charge in [0.25, 0.3) is 5.69 Å². The number of nitro benzene ring substituents is 1. The fraction of sp³-hybridized carbons (Fsp3) is 0.143.